The van der Waals surface area contributed by atoms with E-state index in [1.807, 2.05) is 0 Å². The number of aromatic nitrogens is 2. The molecule has 0 bridgehead atoms. The van der Waals surface area contributed by atoms with Crippen LogP contribution in [0.15, 0.2) is 11.2 Å². The maximum absolute atomic E-state index is 11.2. The fraction of sp³-hybridized carbons (Fsp3) is 0.375. The number of thioether (sulfide) groups is 1. The van der Waals surface area contributed by atoms with Gasteiger partial charge in [0.05, 0.1) is 12.4 Å². The molecule has 0 fully saturated rings. The predicted molar refractivity (Wildman–Crippen MR) is 62.9 cm³/mol. The van der Waals surface area contributed by atoms with Gasteiger partial charge in [-0.25, -0.2) is 9.97 Å². The molecule has 0 saturated heterocycles. The van der Waals surface area contributed by atoms with Crippen molar-refractivity contribution in [2.45, 2.75) is 5.16 Å². The average molecular weight is 282 g/mol. The fourth-order valence-corrected chi connectivity index (χ4v) is 2.02. The molecule has 0 radical (unpaired) electrons. The zero-order chi connectivity index (χ0) is 12.0. The van der Waals surface area contributed by atoms with Crippen LogP contribution >= 0.6 is 35.0 Å². The summed E-state index contributed by atoms with van der Waals surface area (Å²) in [6.45, 7) is 0.145. The lowest BCUT2D eigenvalue weighted by atomic mass is 10.6. The predicted octanol–water partition coefficient (Wildman–Crippen LogP) is 0.984. The molecule has 88 valence electrons. The summed E-state index contributed by atoms with van der Waals surface area (Å²) in [4.78, 5) is 19.0. The number of hydrogen-bond donors (Lipinski definition) is 2. The number of halogens is 2. The van der Waals surface area contributed by atoms with Crippen LogP contribution in [0.1, 0.15) is 0 Å². The highest BCUT2D eigenvalue weighted by atomic mass is 35.5. The van der Waals surface area contributed by atoms with Crippen LogP contribution in [0.5, 0.6) is 0 Å². The van der Waals surface area contributed by atoms with Gasteiger partial charge in [0.1, 0.15) is 10.3 Å². The second kappa shape index (κ2) is 6.90. The molecule has 8 heteroatoms. The lowest BCUT2D eigenvalue weighted by Gasteiger charge is -2.02. The molecule has 2 N–H and O–H groups in total. The molecule has 0 aliphatic heterocycles. The monoisotopic (exact) mass is 281 g/mol. The third kappa shape index (κ3) is 4.98. The topological polar surface area (TPSA) is 75.1 Å². The van der Waals surface area contributed by atoms with Gasteiger partial charge in [-0.05, 0) is 0 Å². The Morgan fingerprint density at radius 3 is 2.62 bits per heavy atom. The molecule has 0 aliphatic rings. The Balaban J connectivity index is 2.45. The van der Waals surface area contributed by atoms with E-state index in [1.54, 1.807) is 0 Å². The number of aliphatic hydroxyl groups excluding tert-OH is 1. The Morgan fingerprint density at radius 2 is 2.06 bits per heavy atom. The van der Waals surface area contributed by atoms with E-state index in [9.17, 15) is 4.79 Å². The molecule has 0 atom stereocenters. The number of amides is 1. The van der Waals surface area contributed by atoms with Gasteiger partial charge in [-0.2, -0.15) is 0 Å². The first-order valence-corrected chi connectivity index (χ1v) is 6.06. The van der Waals surface area contributed by atoms with Crippen molar-refractivity contribution in [3.8, 4) is 0 Å². The molecule has 1 rings (SSSR count). The van der Waals surface area contributed by atoms with E-state index < -0.39 is 0 Å². The van der Waals surface area contributed by atoms with Gasteiger partial charge in [-0.3, -0.25) is 4.79 Å². The fourth-order valence-electron chi connectivity index (χ4n) is 0.812. The third-order valence-electron chi connectivity index (χ3n) is 1.41. The smallest absolute Gasteiger partial charge is 0.230 e. The number of hydrogen-bond acceptors (Lipinski definition) is 5. The van der Waals surface area contributed by atoms with Crippen molar-refractivity contribution in [1.29, 1.82) is 0 Å². The van der Waals surface area contributed by atoms with E-state index in [1.165, 1.54) is 6.07 Å². The maximum Gasteiger partial charge on any atom is 0.230 e. The van der Waals surface area contributed by atoms with Gasteiger partial charge in [0.25, 0.3) is 0 Å². The Hall–Kier alpha value is -0.560. The minimum Gasteiger partial charge on any atom is -0.395 e. The molecule has 0 spiro atoms. The van der Waals surface area contributed by atoms with Gasteiger partial charge in [-0.15, -0.1) is 0 Å². The second-order valence-electron chi connectivity index (χ2n) is 2.66. The Kier molecular flexibility index (Phi) is 5.83. The number of nitrogens with one attached hydrogen (secondary N) is 1. The number of rotatable bonds is 5. The highest BCUT2D eigenvalue weighted by Gasteiger charge is 2.06. The van der Waals surface area contributed by atoms with Crippen molar-refractivity contribution in [1.82, 2.24) is 15.3 Å². The van der Waals surface area contributed by atoms with E-state index in [0.29, 0.717) is 5.16 Å². The van der Waals surface area contributed by atoms with E-state index >= 15 is 0 Å². The SMILES string of the molecule is O=C(CSc1nc(Cl)cc(Cl)n1)NCCO. The summed E-state index contributed by atoms with van der Waals surface area (Å²) in [5.41, 5.74) is 0. The molecule has 0 aliphatic carbocycles. The summed E-state index contributed by atoms with van der Waals surface area (Å²) in [5, 5.41) is 11.8. The van der Waals surface area contributed by atoms with Gasteiger partial charge in [0.15, 0.2) is 5.16 Å². The van der Waals surface area contributed by atoms with E-state index in [2.05, 4.69) is 15.3 Å². The molecule has 1 amide bonds. The highest BCUT2D eigenvalue weighted by Crippen LogP contribution is 2.18. The molecule has 16 heavy (non-hydrogen) atoms. The average Bonchev–Trinajstić information content (AvgIpc) is 2.22. The van der Waals surface area contributed by atoms with Crippen molar-refractivity contribution in [3.63, 3.8) is 0 Å². The molecule has 1 aromatic heterocycles. The summed E-state index contributed by atoms with van der Waals surface area (Å²) < 4.78 is 0. The molecule has 1 aromatic rings. The van der Waals surface area contributed by atoms with E-state index in [4.69, 9.17) is 28.3 Å². The lowest BCUT2D eigenvalue weighted by Crippen LogP contribution is -2.27. The first kappa shape index (κ1) is 13.5. The van der Waals surface area contributed by atoms with Gasteiger partial charge < -0.3 is 10.4 Å². The third-order valence-corrected chi connectivity index (χ3v) is 2.64. The first-order valence-electron chi connectivity index (χ1n) is 4.32. The Bertz CT molecular complexity index is 358. The zero-order valence-corrected chi connectivity index (χ0v) is 10.4. The van der Waals surface area contributed by atoms with Crippen LogP contribution in [-0.2, 0) is 4.79 Å². The summed E-state index contributed by atoms with van der Waals surface area (Å²) >= 11 is 12.5. The van der Waals surface area contributed by atoms with Crippen LogP contribution in [0.4, 0.5) is 0 Å². The van der Waals surface area contributed by atoms with Crippen molar-refractivity contribution in [2.24, 2.45) is 0 Å². The normalized spacial score (nSPS) is 10.2. The Labute approximate surface area is 107 Å². The number of nitrogens with zero attached hydrogens (tertiary/aromatic N) is 2. The molecule has 5 nitrogen and oxygen atoms in total. The van der Waals surface area contributed by atoms with Crippen molar-refractivity contribution in [2.75, 3.05) is 18.9 Å². The highest BCUT2D eigenvalue weighted by molar-refractivity contribution is 7.99. The summed E-state index contributed by atoms with van der Waals surface area (Å²) in [7, 11) is 0. The summed E-state index contributed by atoms with van der Waals surface area (Å²) in [6, 6.07) is 1.42. The largest absolute Gasteiger partial charge is 0.395 e. The second-order valence-corrected chi connectivity index (χ2v) is 4.38. The van der Waals surface area contributed by atoms with Crippen molar-refractivity contribution < 1.29 is 9.90 Å². The number of aliphatic hydroxyl groups is 1. The van der Waals surface area contributed by atoms with Crippen LogP contribution in [0.3, 0.4) is 0 Å². The van der Waals surface area contributed by atoms with Gasteiger partial charge in [0.2, 0.25) is 5.91 Å². The Morgan fingerprint density at radius 1 is 1.44 bits per heavy atom. The minimum atomic E-state index is -0.209. The van der Waals surface area contributed by atoms with Gasteiger partial charge in [-0.1, -0.05) is 35.0 Å². The number of carbonyl (C=O) groups excluding carboxylic acids is 1. The van der Waals surface area contributed by atoms with Crippen LogP contribution in [0.2, 0.25) is 10.3 Å². The standard InChI is InChI=1S/C8H9Cl2N3O2S/c9-5-3-6(10)13-8(12-5)16-4-7(15)11-1-2-14/h3,14H,1-2,4H2,(H,11,15). The van der Waals surface area contributed by atoms with E-state index in [-0.39, 0.29) is 35.1 Å². The molecule has 0 unspecified atom stereocenters. The van der Waals surface area contributed by atoms with E-state index in [0.717, 1.165) is 11.8 Å². The van der Waals surface area contributed by atoms with Crippen LogP contribution in [-0.4, -0.2) is 39.9 Å². The molecular formula is C8H9Cl2N3O2S. The minimum absolute atomic E-state index is 0.0874. The maximum atomic E-state index is 11.2. The summed E-state index contributed by atoms with van der Waals surface area (Å²) in [5.74, 6) is -0.0600. The number of carbonyl (C=O) groups is 1. The van der Waals surface area contributed by atoms with Gasteiger partial charge in [0, 0.05) is 12.6 Å². The molecule has 1 heterocycles. The first-order chi connectivity index (χ1) is 7.61. The molecule has 0 saturated carbocycles. The van der Waals surface area contributed by atoms with Crippen molar-refractivity contribution in [3.05, 3.63) is 16.4 Å². The van der Waals surface area contributed by atoms with Crippen LogP contribution in [0, 0.1) is 0 Å². The summed E-state index contributed by atoms with van der Waals surface area (Å²) in [6.07, 6.45) is 0. The lowest BCUT2D eigenvalue weighted by molar-refractivity contribution is -0.118. The van der Waals surface area contributed by atoms with Crippen LogP contribution in [0.25, 0.3) is 0 Å². The van der Waals surface area contributed by atoms with Crippen molar-refractivity contribution >= 4 is 40.9 Å². The molecule has 0 aromatic carbocycles. The van der Waals surface area contributed by atoms with Crippen LogP contribution < -0.4 is 5.32 Å². The molecular weight excluding hydrogens is 273 g/mol. The van der Waals surface area contributed by atoms with Gasteiger partial charge >= 0.3 is 0 Å². The quantitative estimate of drug-likeness (QED) is 0.478. The zero-order valence-electron chi connectivity index (χ0n) is 8.11.